The van der Waals surface area contributed by atoms with Crippen LogP contribution in [0.15, 0.2) is 42.5 Å². The third kappa shape index (κ3) is 5.66. The Morgan fingerprint density at radius 3 is 2.62 bits per heavy atom. The van der Waals surface area contributed by atoms with Crippen molar-refractivity contribution in [2.75, 3.05) is 13.7 Å². The minimum absolute atomic E-state index is 0.0242. The van der Waals surface area contributed by atoms with Crippen molar-refractivity contribution in [2.24, 2.45) is 0 Å². The maximum Gasteiger partial charge on any atom is 0.329 e. The van der Waals surface area contributed by atoms with Gasteiger partial charge in [0.25, 0.3) is 5.91 Å². The minimum atomic E-state index is -1.45. The summed E-state index contributed by atoms with van der Waals surface area (Å²) in [6.45, 7) is 2.43. The molecule has 1 fully saturated rings. The van der Waals surface area contributed by atoms with Crippen LogP contribution in [0.2, 0.25) is 0 Å². The monoisotopic (exact) mass is 439 g/mol. The number of Topliss-reactive ketones (excluding diaryl/α,β-unsaturated/α-hetero) is 1. The Morgan fingerprint density at radius 2 is 1.91 bits per heavy atom. The lowest BCUT2D eigenvalue weighted by Gasteiger charge is -2.29. The van der Waals surface area contributed by atoms with Crippen LogP contribution in [-0.4, -0.2) is 42.0 Å². The summed E-state index contributed by atoms with van der Waals surface area (Å²) in [5, 5.41) is 12.5. The van der Waals surface area contributed by atoms with Crippen LogP contribution in [0.5, 0.6) is 11.5 Å². The number of aryl methyl sites for hydroxylation is 1. The summed E-state index contributed by atoms with van der Waals surface area (Å²) < 4.78 is 11.2. The summed E-state index contributed by atoms with van der Waals surface area (Å²) in [5.74, 6) is -0.722. The normalized spacial score (nSPS) is 18.5. The first-order valence-electron chi connectivity index (χ1n) is 10.8. The second kappa shape index (κ2) is 10.3. The number of nitrogens with one attached hydrogen (secondary N) is 1. The first-order chi connectivity index (χ1) is 15.3. The van der Waals surface area contributed by atoms with Crippen LogP contribution in [0.3, 0.4) is 0 Å². The van der Waals surface area contributed by atoms with E-state index in [-0.39, 0.29) is 30.6 Å². The van der Waals surface area contributed by atoms with E-state index < -0.39 is 17.4 Å². The van der Waals surface area contributed by atoms with Crippen molar-refractivity contribution in [3.05, 3.63) is 59.2 Å². The highest BCUT2D eigenvalue weighted by atomic mass is 16.5. The van der Waals surface area contributed by atoms with Crippen LogP contribution in [-0.2, 0) is 16.0 Å². The molecule has 1 saturated carbocycles. The van der Waals surface area contributed by atoms with Crippen LogP contribution in [0.4, 0.5) is 0 Å². The fourth-order valence-corrected chi connectivity index (χ4v) is 3.95. The molecule has 0 heterocycles. The standard InChI is InChI=1S/C25H29NO6/c1-17-5-3-6-18(15-17)11-14-32-22-16-19(8-9-21(22)31-2)23(28)26-25(24(29)30)12-4-7-20(27)10-13-25/h3,5-6,8-9,15-16H,4,7,10-14H2,1-2H3,(H,26,28)(H,29,30). The van der Waals surface area contributed by atoms with E-state index in [9.17, 15) is 19.5 Å². The molecule has 1 aliphatic rings. The first-order valence-corrected chi connectivity index (χ1v) is 10.8. The second-order valence-electron chi connectivity index (χ2n) is 8.19. The number of carboxylic acid groups (broad SMARTS) is 1. The largest absolute Gasteiger partial charge is 0.493 e. The molecule has 2 N–H and O–H groups in total. The third-order valence-corrected chi connectivity index (χ3v) is 5.81. The zero-order valence-electron chi connectivity index (χ0n) is 18.5. The van der Waals surface area contributed by atoms with Gasteiger partial charge in [-0.3, -0.25) is 9.59 Å². The van der Waals surface area contributed by atoms with Crippen molar-refractivity contribution in [3.63, 3.8) is 0 Å². The van der Waals surface area contributed by atoms with Gasteiger partial charge in [-0.2, -0.15) is 0 Å². The lowest BCUT2D eigenvalue weighted by atomic mass is 9.89. The van der Waals surface area contributed by atoms with Gasteiger partial charge in [0.05, 0.1) is 13.7 Å². The van der Waals surface area contributed by atoms with Gasteiger partial charge in [0.1, 0.15) is 11.3 Å². The molecule has 2 aromatic rings. The average Bonchev–Trinajstić information content (AvgIpc) is 2.96. The van der Waals surface area contributed by atoms with Crippen molar-refractivity contribution in [2.45, 2.75) is 51.0 Å². The molecule has 0 spiro atoms. The van der Waals surface area contributed by atoms with Crippen LogP contribution in [0, 0.1) is 6.92 Å². The molecule has 0 aromatic heterocycles. The van der Waals surface area contributed by atoms with Gasteiger partial charge in [-0.25, -0.2) is 4.79 Å². The fraction of sp³-hybridized carbons (Fsp3) is 0.400. The number of benzene rings is 2. The van der Waals surface area contributed by atoms with E-state index in [4.69, 9.17) is 9.47 Å². The first kappa shape index (κ1) is 23.3. The number of ketones is 1. The highest BCUT2D eigenvalue weighted by Gasteiger charge is 2.41. The molecule has 0 aliphatic heterocycles. The predicted octanol–water partition coefficient (Wildman–Crippen LogP) is 3.71. The number of carbonyl (C=O) groups excluding carboxylic acids is 2. The number of hydrogen-bond acceptors (Lipinski definition) is 5. The third-order valence-electron chi connectivity index (χ3n) is 5.81. The predicted molar refractivity (Wildman–Crippen MR) is 119 cm³/mol. The Hall–Kier alpha value is -3.35. The Morgan fingerprint density at radius 1 is 1.09 bits per heavy atom. The van der Waals surface area contributed by atoms with Crippen LogP contribution in [0.1, 0.15) is 53.6 Å². The molecule has 7 heteroatoms. The molecule has 170 valence electrons. The number of hydrogen-bond donors (Lipinski definition) is 2. The van der Waals surface area contributed by atoms with E-state index in [1.807, 2.05) is 25.1 Å². The molecular weight excluding hydrogens is 410 g/mol. The van der Waals surface area contributed by atoms with Crippen molar-refractivity contribution in [1.29, 1.82) is 0 Å². The van der Waals surface area contributed by atoms with Crippen LogP contribution < -0.4 is 14.8 Å². The lowest BCUT2D eigenvalue weighted by molar-refractivity contribution is -0.145. The van der Waals surface area contributed by atoms with E-state index in [1.165, 1.54) is 12.7 Å². The maximum absolute atomic E-state index is 12.9. The Kier molecular flexibility index (Phi) is 7.51. The highest BCUT2D eigenvalue weighted by Crippen LogP contribution is 2.30. The average molecular weight is 440 g/mol. The number of rotatable bonds is 8. The number of amides is 1. The number of methoxy groups -OCH3 is 1. The molecule has 3 rings (SSSR count). The van der Waals surface area contributed by atoms with Crippen LogP contribution in [0.25, 0.3) is 0 Å². The van der Waals surface area contributed by atoms with Crippen molar-refractivity contribution in [1.82, 2.24) is 5.32 Å². The maximum atomic E-state index is 12.9. The van der Waals surface area contributed by atoms with Gasteiger partial charge in [-0.15, -0.1) is 0 Å². The molecule has 32 heavy (non-hydrogen) atoms. The van der Waals surface area contributed by atoms with E-state index in [0.717, 1.165) is 5.56 Å². The molecule has 1 amide bonds. The minimum Gasteiger partial charge on any atom is -0.493 e. The van der Waals surface area contributed by atoms with Gasteiger partial charge < -0.3 is 19.9 Å². The molecule has 0 saturated heterocycles. The smallest absolute Gasteiger partial charge is 0.329 e. The Labute approximate surface area is 187 Å². The van der Waals surface area contributed by atoms with E-state index in [1.54, 1.807) is 18.2 Å². The quantitative estimate of drug-likeness (QED) is 0.608. The van der Waals surface area contributed by atoms with Gasteiger partial charge in [0, 0.05) is 24.8 Å². The zero-order valence-corrected chi connectivity index (χ0v) is 18.5. The lowest BCUT2D eigenvalue weighted by Crippen LogP contribution is -2.54. The molecular formula is C25H29NO6. The molecule has 1 atom stereocenters. The van der Waals surface area contributed by atoms with Crippen molar-refractivity contribution >= 4 is 17.7 Å². The molecule has 1 aliphatic carbocycles. The molecule has 0 bridgehead atoms. The van der Waals surface area contributed by atoms with Crippen LogP contribution >= 0.6 is 0 Å². The van der Waals surface area contributed by atoms with Gasteiger partial charge in [0.2, 0.25) is 0 Å². The number of carbonyl (C=O) groups is 3. The topological polar surface area (TPSA) is 102 Å². The van der Waals surface area contributed by atoms with E-state index >= 15 is 0 Å². The summed E-state index contributed by atoms with van der Waals surface area (Å²) in [7, 11) is 1.52. The number of aliphatic carboxylic acids is 1. The molecule has 2 aromatic carbocycles. The van der Waals surface area contributed by atoms with E-state index in [0.29, 0.717) is 37.4 Å². The summed E-state index contributed by atoms with van der Waals surface area (Å²) in [6, 6.07) is 12.9. The summed E-state index contributed by atoms with van der Waals surface area (Å²) in [6.07, 6.45) is 1.91. The summed E-state index contributed by atoms with van der Waals surface area (Å²) in [4.78, 5) is 36.7. The number of ether oxygens (including phenoxy) is 2. The van der Waals surface area contributed by atoms with Gasteiger partial charge in [0.15, 0.2) is 11.5 Å². The molecule has 1 unspecified atom stereocenters. The SMILES string of the molecule is COc1ccc(C(=O)NC2(C(=O)O)CCCC(=O)CC2)cc1OCCc1cccc(C)c1. The zero-order chi connectivity index (χ0) is 23.1. The van der Waals surface area contributed by atoms with E-state index in [2.05, 4.69) is 11.4 Å². The second-order valence-corrected chi connectivity index (χ2v) is 8.19. The van der Waals surface area contributed by atoms with Crippen molar-refractivity contribution in [3.8, 4) is 11.5 Å². The Bertz CT molecular complexity index is 1000. The van der Waals surface area contributed by atoms with Crippen molar-refractivity contribution < 1.29 is 29.0 Å². The highest BCUT2D eigenvalue weighted by molar-refractivity contribution is 5.98. The summed E-state index contributed by atoms with van der Waals surface area (Å²) >= 11 is 0. The Balaban J connectivity index is 1.73. The van der Waals surface area contributed by atoms with Gasteiger partial charge in [-0.05, 0) is 49.9 Å². The molecule has 7 nitrogen and oxygen atoms in total. The molecule has 0 radical (unpaired) electrons. The summed E-state index contributed by atoms with van der Waals surface area (Å²) in [5.41, 5.74) is 1.14. The van der Waals surface area contributed by atoms with Gasteiger partial charge >= 0.3 is 5.97 Å². The van der Waals surface area contributed by atoms with Gasteiger partial charge in [-0.1, -0.05) is 29.8 Å². The number of carboxylic acids is 1. The fourth-order valence-electron chi connectivity index (χ4n) is 3.95.